The Kier molecular flexibility index (Phi) is 11.8. The molecule has 0 fully saturated rings. The van der Waals surface area contributed by atoms with E-state index < -0.39 is 5.41 Å². The maximum atomic E-state index is 11.3. The van der Waals surface area contributed by atoms with Gasteiger partial charge in [-0.15, -0.1) is 0 Å². The molecule has 0 amide bonds. The smallest absolute Gasteiger partial charge is 0.311 e. The fourth-order valence-electron chi connectivity index (χ4n) is 2.13. The second-order valence-corrected chi connectivity index (χ2v) is 13.1. The first kappa shape index (κ1) is 32.7. The van der Waals surface area contributed by atoms with Gasteiger partial charge in [-0.2, -0.15) is 4.98 Å². The van der Waals surface area contributed by atoms with Crippen LogP contribution in [-0.2, 0) is 26.8 Å². The number of aromatic nitrogens is 4. The highest BCUT2D eigenvalue weighted by atomic mass is 16.6. The number of carbonyl (C=O) groups is 1. The van der Waals surface area contributed by atoms with Gasteiger partial charge in [0.05, 0.1) is 5.41 Å². The molecule has 0 saturated heterocycles. The summed E-state index contributed by atoms with van der Waals surface area (Å²) in [5.74, 6) is 2.61. The molecule has 0 N–H and O–H groups in total. The van der Waals surface area contributed by atoms with Crippen molar-refractivity contribution < 1.29 is 14.1 Å². The lowest BCUT2D eigenvalue weighted by Crippen LogP contribution is -2.31. The van der Waals surface area contributed by atoms with Crippen LogP contribution in [0, 0.1) is 5.41 Å². The zero-order valence-electron chi connectivity index (χ0n) is 25.0. The minimum absolute atomic E-state index is 0.0415. The summed E-state index contributed by atoms with van der Waals surface area (Å²) in [5.41, 5.74) is 0.451. The molecule has 7 nitrogen and oxygen atoms in total. The lowest BCUT2D eigenvalue weighted by Gasteiger charge is -2.25. The van der Waals surface area contributed by atoms with Crippen LogP contribution in [0.3, 0.4) is 0 Å². The number of nitrogens with zero attached hydrogens (tertiary/aromatic N) is 4. The van der Waals surface area contributed by atoms with Crippen LogP contribution in [0.4, 0.5) is 0 Å². The van der Waals surface area contributed by atoms with Crippen molar-refractivity contribution in [1.82, 2.24) is 20.1 Å². The largest absolute Gasteiger partial charge is 0.460 e. The maximum absolute atomic E-state index is 11.3. The summed E-state index contributed by atoms with van der Waals surface area (Å²) in [4.78, 5) is 24.2. The number of carbonyl (C=O) groups excluding carboxylic acids is 1. The summed E-state index contributed by atoms with van der Waals surface area (Å²) < 4.78 is 10.3. The Morgan fingerprint density at radius 2 is 1.37 bits per heavy atom. The van der Waals surface area contributed by atoms with Crippen molar-refractivity contribution in [3.8, 4) is 0 Å². The second-order valence-electron chi connectivity index (χ2n) is 13.1. The number of hydrogen-bond donors (Lipinski definition) is 0. The fourth-order valence-corrected chi connectivity index (χ4v) is 2.13. The number of ether oxygens (including phenoxy) is 1. The standard InChI is InChI=1S/C10H16N2.C9H16N2O.C9H18O2/c1-5-8-6-11-9(12-7-8)10(2,3)4;1-6(2)7-10-8(12-11-7)9(3,4)5;1-8(2,3)7(10)11-9(4,5)6/h6-7H,5H2,1-4H3;6H,1-5H3;1-6H3. The first-order valence-corrected chi connectivity index (χ1v) is 12.5. The monoisotopic (exact) mass is 490 g/mol. The number of rotatable bonds is 2. The van der Waals surface area contributed by atoms with Crippen molar-refractivity contribution in [2.45, 2.75) is 133 Å². The Balaban J connectivity index is 0.000000496. The SMILES string of the molecule is CC(C)(C)OC(=O)C(C)(C)C.CC(C)c1noc(C(C)(C)C)n1.CCc1cnc(C(C)(C)C)nc1. The highest BCUT2D eigenvalue weighted by molar-refractivity contribution is 5.75. The molecule has 200 valence electrons. The third-order valence-corrected chi connectivity index (χ3v) is 4.40. The highest BCUT2D eigenvalue weighted by Crippen LogP contribution is 2.22. The summed E-state index contributed by atoms with van der Waals surface area (Å²) in [6.45, 7) is 29.9. The van der Waals surface area contributed by atoms with Crippen molar-refractivity contribution in [2.75, 3.05) is 0 Å². The Bertz CT molecular complexity index is 888. The minimum atomic E-state index is -0.396. The molecule has 2 heterocycles. The maximum Gasteiger partial charge on any atom is 0.311 e. The Labute approximate surface area is 213 Å². The molecule has 0 spiro atoms. The van der Waals surface area contributed by atoms with E-state index >= 15 is 0 Å². The lowest BCUT2D eigenvalue weighted by molar-refractivity contribution is -0.164. The van der Waals surface area contributed by atoms with Crippen molar-refractivity contribution in [2.24, 2.45) is 5.41 Å². The number of aryl methyl sites for hydroxylation is 1. The quantitative estimate of drug-likeness (QED) is 0.411. The van der Waals surface area contributed by atoms with E-state index in [0.717, 1.165) is 18.1 Å². The first-order chi connectivity index (χ1) is 15.6. The number of hydrogen-bond acceptors (Lipinski definition) is 7. The molecule has 0 unspecified atom stereocenters. The van der Waals surface area contributed by atoms with Gasteiger partial charge in [0.15, 0.2) is 5.82 Å². The molecule has 2 rings (SSSR count). The zero-order valence-corrected chi connectivity index (χ0v) is 25.0. The van der Waals surface area contributed by atoms with Crippen molar-refractivity contribution in [1.29, 1.82) is 0 Å². The van der Waals surface area contributed by atoms with Gasteiger partial charge in [0.1, 0.15) is 11.4 Å². The Hall–Kier alpha value is -2.31. The predicted octanol–water partition coefficient (Wildman–Crippen LogP) is 7.20. The summed E-state index contributed by atoms with van der Waals surface area (Å²) in [6.07, 6.45) is 4.82. The summed E-state index contributed by atoms with van der Waals surface area (Å²) in [5, 5.41) is 3.90. The van der Waals surface area contributed by atoms with E-state index in [1.165, 1.54) is 5.56 Å². The topological polar surface area (TPSA) is 91.0 Å². The van der Waals surface area contributed by atoms with E-state index in [4.69, 9.17) is 9.26 Å². The fraction of sp³-hybridized carbons (Fsp3) is 0.750. The van der Waals surface area contributed by atoms with E-state index in [9.17, 15) is 4.79 Å². The summed E-state index contributed by atoms with van der Waals surface area (Å²) in [7, 11) is 0. The molecule has 0 aliphatic carbocycles. The Morgan fingerprint density at radius 3 is 1.60 bits per heavy atom. The van der Waals surface area contributed by atoms with Crippen LogP contribution >= 0.6 is 0 Å². The van der Waals surface area contributed by atoms with E-state index in [0.29, 0.717) is 11.8 Å². The van der Waals surface area contributed by atoms with Gasteiger partial charge in [0.25, 0.3) is 0 Å². The first-order valence-electron chi connectivity index (χ1n) is 12.5. The van der Waals surface area contributed by atoms with Gasteiger partial charge >= 0.3 is 5.97 Å². The average Bonchev–Trinajstić information content (AvgIpc) is 3.17. The third-order valence-electron chi connectivity index (χ3n) is 4.40. The Morgan fingerprint density at radius 1 is 0.886 bits per heavy atom. The van der Waals surface area contributed by atoms with E-state index in [-0.39, 0.29) is 22.4 Å². The predicted molar refractivity (Wildman–Crippen MR) is 142 cm³/mol. The van der Waals surface area contributed by atoms with Gasteiger partial charge in [0, 0.05) is 29.1 Å². The van der Waals surface area contributed by atoms with E-state index in [1.807, 2.05) is 53.9 Å². The molecule has 2 aromatic heterocycles. The molecule has 2 aromatic rings. The van der Waals surface area contributed by atoms with E-state index in [2.05, 4.69) is 82.4 Å². The molecular formula is C28H50N4O3. The van der Waals surface area contributed by atoms with Crippen LogP contribution in [0.15, 0.2) is 16.9 Å². The normalized spacial score (nSPS) is 12.3. The van der Waals surface area contributed by atoms with Gasteiger partial charge in [0.2, 0.25) is 5.89 Å². The molecule has 7 heteroatoms. The highest BCUT2D eigenvalue weighted by Gasteiger charge is 2.27. The van der Waals surface area contributed by atoms with Gasteiger partial charge in [-0.3, -0.25) is 4.79 Å². The van der Waals surface area contributed by atoms with E-state index in [1.54, 1.807) is 0 Å². The molecule has 0 aliphatic heterocycles. The van der Waals surface area contributed by atoms with Crippen molar-refractivity contribution in [3.05, 3.63) is 35.5 Å². The molecule has 0 aliphatic rings. The minimum Gasteiger partial charge on any atom is -0.460 e. The lowest BCUT2D eigenvalue weighted by atomic mass is 9.96. The average molecular weight is 491 g/mol. The summed E-state index contributed by atoms with van der Waals surface area (Å²) >= 11 is 0. The van der Waals surface area contributed by atoms with Gasteiger partial charge in [-0.05, 0) is 53.5 Å². The van der Waals surface area contributed by atoms with Crippen LogP contribution < -0.4 is 0 Å². The summed E-state index contributed by atoms with van der Waals surface area (Å²) in [6, 6.07) is 0. The van der Waals surface area contributed by atoms with Gasteiger partial charge in [-0.1, -0.05) is 67.5 Å². The van der Waals surface area contributed by atoms with Crippen LogP contribution in [-0.4, -0.2) is 31.7 Å². The molecule has 35 heavy (non-hydrogen) atoms. The van der Waals surface area contributed by atoms with Crippen LogP contribution in [0.5, 0.6) is 0 Å². The molecule has 0 atom stereocenters. The molecule has 0 saturated carbocycles. The zero-order chi connectivity index (χ0) is 27.8. The molecule has 0 radical (unpaired) electrons. The molecular weight excluding hydrogens is 440 g/mol. The van der Waals surface area contributed by atoms with Crippen LogP contribution in [0.25, 0.3) is 0 Å². The van der Waals surface area contributed by atoms with Gasteiger partial charge < -0.3 is 9.26 Å². The van der Waals surface area contributed by atoms with Crippen molar-refractivity contribution >= 4 is 5.97 Å². The van der Waals surface area contributed by atoms with Crippen molar-refractivity contribution in [3.63, 3.8) is 0 Å². The third kappa shape index (κ3) is 13.4. The number of esters is 1. The van der Waals surface area contributed by atoms with Gasteiger partial charge in [-0.25, -0.2) is 9.97 Å². The van der Waals surface area contributed by atoms with Crippen LogP contribution in [0.2, 0.25) is 0 Å². The molecule has 0 aromatic carbocycles. The second kappa shape index (κ2) is 12.6. The van der Waals surface area contributed by atoms with Crippen LogP contribution in [0.1, 0.15) is 133 Å². The molecule has 0 bridgehead atoms.